The van der Waals surface area contributed by atoms with E-state index in [-0.39, 0.29) is 12.3 Å². The molecular weight excluding hydrogens is 196 g/mol. The number of aliphatic hydroxyl groups excluding tert-OH is 2. The smallest absolute Gasteiger partial charge is 0.468 e. The van der Waals surface area contributed by atoms with Gasteiger partial charge in [-0.25, -0.2) is 0 Å². The van der Waals surface area contributed by atoms with Crippen molar-refractivity contribution in [1.29, 1.82) is 5.39 Å². The average Bonchev–Trinajstić information content (AvgIpc) is 2.24. The Morgan fingerprint density at radius 3 is 2.80 bits per heavy atom. The van der Waals surface area contributed by atoms with Crippen LogP contribution in [0, 0.1) is 17.7 Å². The topological polar surface area (TPSA) is 77.8 Å². The molecule has 15 heavy (non-hydrogen) atoms. The summed E-state index contributed by atoms with van der Waals surface area (Å²) in [5.74, 6) is 1.50. The molecule has 0 aromatic rings. The molecule has 0 radical (unpaired) electrons. The monoisotopic (exact) mass is 211 g/mol. The third kappa shape index (κ3) is 4.90. The van der Waals surface area contributed by atoms with Crippen LogP contribution < -0.4 is 0 Å². The molecule has 0 saturated carbocycles. The Labute approximate surface area is 89.0 Å². The zero-order chi connectivity index (χ0) is 11.7. The zero-order valence-corrected chi connectivity index (χ0v) is 8.68. The fraction of sp³-hybridized carbons (Fsp3) is 0.600. The molecule has 0 saturated heterocycles. The maximum absolute atomic E-state index is 9.51. The summed E-state index contributed by atoms with van der Waals surface area (Å²) in [5, 5.41) is 27.3. The number of ether oxygens (including phenoxy) is 1. The van der Waals surface area contributed by atoms with Gasteiger partial charge in [-0.1, -0.05) is 25.7 Å². The highest BCUT2D eigenvalue weighted by Gasteiger charge is 2.30. The number of hydrogen-bond acceptors (Lipinski definition) is 4. The molecule has 0 heterocycles. The van der Waals surface area contributed by atoms with Crippen molar-refractivity contribution in [2.24, 2.45) is 0 Å². The number of rotatable bonds is 6. The van der Waals surface area contributed by atoms with E-state index in [0.29, 0.717) is 6.42 Å². The molecule has 1 unspecified atom stereocenters. The first-order valence-electron chi connectivity index (χ1n) is 4.69. The van der Waals surface area contributed by atoms with E-state index in [1.165, 1.54) is 0 Å². The molecule has 0 aliphatic heterocycles. The number of hydrogen-bond donors (Lipinski definition) is 2. The third-order valence-electron chi connectivity index (χ3n) is 1.77. The summed E-state index contributed by atoms with van der Waals surface area (Å²) in [6.45, 7) is 1.81. The fourth-order valence-electron chi connectivity index (χ4n) is 0.970. The van der Waals surface area contributed by atoms with Crippen molar-refractivity contribution >= 4 is 0 Å². The number of aliphatic hydroxyl groups is 2. The molecule has 1 atom stereocenters. The summed E-state index contributed by atoms with van der Waals surface area (Å²) in [6.07, 6.45) is 5.89. The number of nitrogens with zero attached hydrogens (tertiary/aromatic N) is 2. The second-order valence-corrected chi connectivity index (χ2v) is 2.94. The van der Waals surface area contributed by atoms with Crippen LogP contribution in [0.3, 0.4) is 0 Å². The van der Waals surface area contributed by atoms with Gasteiger partial charge >= 0.3 is 11.6 Å². The summed E-state index contributed by atoms with van der Waals surface area (Å²) < 4.78 is 4.63. The van der Waals surface area contributed by atoms with Crippen LogP contribution >= 0.6 is 0 Å². The minimum Gasteiger partial charge on any atom is -0.475 e. The van der Waals surface area contributed by atoms with E-state index in [9.17, 15) is 10.2 Å². The van der Waals surface area contributed by atoms with Gasteiger partial charge in [0.15, 0.2) is 17.7 Å². The van der Waals surface area contributed by atoms with Crippen molar-refractivity contribution < 1.29 is 14.9 Å². The van der Waals surface area contributed by atoms with E-state index in [4.69, 9.17) is 11.8 Å². The van der Waals surface area contributed by atoms with Gasteiger partial charge in [0.25, 0.3) is 0 Å². The first kappa shape index (κ1) is 13.3. The normalized spacial score (nSPS) is 13.3. The SMILES string of the molecule is C#CCO/C(O)=C(\[N+]#N)C(O)CCCC. The number of unbranched alkanes of at least 4 members (excludes halogenated alkanes) is 1. The predicted molar refractivity (Wildman–Crippen MR) is 55.1 cm³/mol. The van der Waals surface area contributed by atoms with Crippen LogP contribution in [0.1, 0.15) is 26.2 Å². The minimum atomic E-state index is -1.05. The van der Waals surface area contributed by atoms with Crippen molar-refractivity contribution in [3.63, 3.8) is 0 Å². The maximum Gasteiger partial charge on any atom is 0.468 e. The highest BCUT2D eigenvalue weighted by Crippen LogP contribution is 2.15. The Morgan fingerprint density at radius 1 is 1.67 bits per heavy atom. The van der Waals surface area contributed by atoms with E-state index in [2.05, 4.69) is 15.6 Å². The summed E-state index contributed by atoms with van der Waals surface area (Å²) in [6, 6.07) is 0. The van der Waals surface area contributed by atoms with Crippen LogP contribution in [0.4, 0.5) is 0 Å². The second-order valence-electron chi connectivity index (χ2n) is 2.94. The first-order chi connectivity index (χ1) is 7.17. The molecule has 0 spiro atoms. The molecule has 0 aliphatic rings. The molecule has 5 heteroatoms. The number of terminal acetylenes is 1. The van der Waals surface area contributed by atoms with Crippen molar-refractivity contribution in [3.05, 3.63) is 16.6 Å². The lowest BCUT2D eigenvalue weighted by atomic mass is 10.1. The van der Waals surface area contributed by atoms with Gasteiger partial charge in [-0.15, -0.1) is 6.42 Å². The summed E-state index contributed by atoms with van der Waals surface area (Å²) in [7, 11) is 0. The Bertz CT molecular complexity index is 299. The van der Waals surface area contributed by atoms with Gasteiger partial charge in [0.05, 0.1) is 0 Å². The van der Waals surface area contributed by atoms with Crippen LogP contribution in [0.15, 0.2) is 11.6 Å². The molecule has 5 nitrogen and oxygen atoms in total. The maximum atomic E-state index is 9.51. The molecule has 0 fully saturated rings. The van der Waals surface area contributed by atoms with E-state index < -0.39 is 12.0 Å². The Hall–Kier alpha value is -1.72. The molecule has 0 aromatic carbocycles. The van der Waals surface area contributed by atoms with E-state index >= 15 is 0 Å². The molecule has 2 N–H and O–H groups in total. The van der Waals surface area contributed by atoms with Crippen molar-refractivity contribution in [2.75, 3.05) is 6.61 Å². The van der Waals surface area contributed by atoms with Gasteiger partial charge < -0.3 is 14.9 Å². The highest BCUT2D eigenvalue weighted by molar-refractivity contribution is 5.15. The van der Waals surface area contributed by atoms with E-state index in [1.807, 2.05) is 6.92 Å². The molecule has 0 aromatic heterocycles. The van der Waals surface area contributed by atoms with Crippen LogP contribution in [-0.2, 0) is 4.74 Å². The molecule has 0 bridgehead atoms. The lowest BCUT2D eigenvalue weighted by Crippen LogP contribution is -2.11. The van der Waals surface area contributed by atoms with Crippen LogP contribution in [-0.4, -0.2) is 22.9 Å². The quantitative estimate of drug-likeness (QED) is 0.398. The molecule has 0 aliphatic carbocycles. The van der Waals surface area contributed by atoms with Gasteiger partial charge in [0.2, 0.25) is 5.39 Å². The van der Waals surface area contributed by atoms with Gasteiger partial charge in [0, 0.05) is 0 Å². The summed E-state index contributed by atoms with van der Waals surface area (Å²) in [4.78, 5) is 2.78. The molecule has 0 rings (SSSR count). The summed E-state index contributed by atoms with van der Waals surface area (Å²) >= 11 is 0. The lowest BCUT2D eigenvalue weighted by Gasteiger charge is -2.02. The third-order valence-corrected chi connectivity index (χ3v) is 1.77. The van der Waals surface area contributed by atoms with Crippen LogP contribution in [0.2, 0.25) is 0 Å². The van der Waals surface area contributed by atoms with Crippen molar-refractivity contribution in [1.82, 2.24) is 0 Å². The standard InChI is InChI=1S/C10H14N2O3/c1-3-5-6-8(13)9(12-11)10(14)15-7-4-2/h2,8,13H,3,5-7H2,1H3/p+1/b10-9-. The molecule has 0 amide bonds. The minimum absolute atomic E-state index is 0.147. The number of diazo groups is 1. The lowest BCUT2D eigenvalue weighted by molar-refractivity contribution is 0.0969. The first-order valence-corrected chi connectivity index (χ1v) is 4.69. The van der Waals surface area contributed by atoms with Crippen molar-refractivity contribution in [2.45, 2.75) is 32.3 Å². The fourth-order valence-corrected chi connectivity index (χ4v) is 0.970. The van der Waals surface area contributed by atoms with E-state index in [1.54, 1.807) is 0 Å². The predicted octanol–water partition coefficient (Wildman–Crippen LogP) is 1.77. The molecular formula is C10H15N2O3+. The van der Waals surface area contributed by atoms with Gasteiger partial charge in [0.1, 0.15) is 0 Å². The Balaban J connectivity index is 4.45. The molecule has 82 valence electrons. The largest absolute Gasteiger partial charge is 0.475 e. The Kier molecular flexibility index (Phi) is 6.78. The van der Waals surface area contributed by atoms with Crippen LogP contribution in [0.25, 0.3) is 4.98 Å². The van der Waals surface area contributed by atoms with Gasteiger partial charge in [-0.2, -0.15) is 0 Å². The zero-order valence-electron chi connectivity index (χ0n) is 8.68. The van der Waals surface area contributed by atoms with Gasteiger partial charge in [-0.3, -0.25) is 0 Å². The summed E-state index contributed by atoms with van der Waals surface area (Å²) in [5.41, 5.74) is -0.293. The van der Waals surface area contributed by atoms with Crippen molar-refractivity contribution in [3.8, 4) is 12.3 Å². The van der Waals surface area contributed by atoms with Gasteiger partial charge in [-0.05, 0) is 6.42 Å². The Morgan fingerprint density at radius 2 is 2.33 bits per heavy atom. The van der Waals surface area contributed by atoms with E-state index in [0.717, 1.165) is 12.8 Å². The van der Waals surface area contributed by atoms with Crippen LogP contribution in [0.5, 0.6) is 0 Å². The average molecular weight is 211 g/mol. The highest BCUT2D eigenvalue weighted by atomic mass is 16.6. The second kappa shape index (κ2) is 7.66.